The van der Waals surface area contributed by atoms with Crippen molar-refractivity contribution in [3.05, 3.63) is 59.7 Å². The first kappa shape index (κ1) is 18.6. The van der Waals surface area contributed by atoms with E-state index in [9.17, 15) is 9.59 Å². The molecule has 128 valence electrons. The van der Waals surface area contributed by atoms with Crippen LogP contribution < -0.4 is 10.6 Å². The van der Waals surface area contributed by atoms with Gasteiger partial charge in [-0.1, -0.05) is 25.1 Å². The van der Waals surface area contributed by atoms with Crippen molar-refractivity contribution in [2.24, 2.45) is 0 Å². The summed E-state index contributed by atoms with van der Waals surface area (Å²) in [5.41, 5.74) is 1.64. The molecule has 2 aromatic rings. The minimum Gasteiger partial charge on any atom is -0.352 e. The van der Waals surface area contributed by atoms with Gasteiger partial charge >= 0.3 is 0 Å². The maximum absolute atomic E-state index is 12.2. The number of benzene rings is 2. The number of rotatable bonds is 7. The van der Waals surface area contributed by atoms with Crippen molar-refractivity contribution in [2.75, 3.05) is 17.6 Å². The molecular formula is C19H19N3O2S. The number of hydrogen-bond donors (Lipinski definition) is 2. The van der Waals surface area contributed by atoms with Crippen LogP contribution in [0.3, 0.4) is 0 Å². The van der Waals surface area contributed by atoms with Crippen LogP contribution in [-0.4, -0.2) is 24.1 Å². The number of hydrogen-bond acceptors (Lipinski definition) is 4. The highest BCUT2D eigenvalue weighted by Crippen LogP contribution is 2.23. The zero-order chi connectivity index (χ0) is 18.1. The minimum absolute atomic E-state index is 0.132. The van der Waals surface area contributed by atoms with Crippen molar-refractivity contribution < 1.29 is 9.59 Å². The summed E-state index contributed by atoms with van der Waals surface area (Å²) >= 11 is 1.31. The van der Waals surface area contributed by atoms with Gasteiger partial charge in [0.2, 0.25) is 5.91 Å². The Morgan fingerprint density at radius 2 is 1.96 bits per heavy atom. The van der Waals surface area contributed by atoms with Crippen LogP contribution >= 0.6 is 11.8 Å². The molecule has 0 saturated heterocycles. The normalized spacial score (nSPS) is 9.92. The molecule has 6 heteroatoms. The Kier molecular flexibility index (Phi) is 7.05. The molecule has 0 aromatic heterocycles. The molecule has 0 aliphatic heterocycles. The number of carbonyl (C=O) groups excluding carboxylic acids is 2. The highest BCUT2D eigenvalue weighted by Gasteiger charge is 2.12. The van der Waals surface area contributed by atoms with Crippen molar-refractivity contribution in [1.82, 2.24) is 5.32 Å². The van der Waals surface area contributed by atoms with Crippen LogP contribution in [0, 0.1) is 11.3 Å². The SMILES string of the molecule is CCCNC(=O)c1ccccc1SCC(=O)Nc1cccc(C#N)c1. The van der Waals surface area contributed by atoms with Crippen molar-refractivity contribution in [2.45, 2.75) is 18.2 Å². The molecule has 0 saturated carbocycles. The van der Waals surface area contributed by atoms with Gasteiger partial charge < -0.3 is 10.6 Å². The average Bonchev–Trinajstić information content (AvgIpc) is 2.64. The highest BCUT2D eigenvalue weighted by molar-refractivity contribution is 8.00. The number of anilines is 1. The predicted molar refractivity (Wildman–Crippen MR) is 99.6 cm³/mol. The second-order valence-corrected chi connectivity index (χ2v) is 6.30. The van der Waals surface area contributed by atoms with E-state index in [4.69, 9.17) is 5.26 Å². The van der Waals surface area contributed by atoms with E-state index in [1.165, 1.54) is 11.8 Å². The number of nitrogens with one attached hydrogen (secondary N) is 2. The van der Waals surface area contributed by atoms with Gasteiger partial charge in [-0.25, -0.2) is 0 Å². The van der Waals surface area contributed by atoms with E-state index in [1.54, 1.807) is 36.4 Å². The lowest BCUT2D eigenvalue weighted by atomic mass is 10.2. The molecule has 2 aromatic carbocycles. The molecule has 0 aliphatic carbocycles. The standard InChI is InChI=1S/C19H19N3O2S/c1-2-10-21-19(24)16-8-3-4-9-17(16)25-13-18(23)22-15-7-5-6-14(11-15)12-20/h3-9,11H,2,10,13H2,1H3,(H,21,24)(H,22,23). The van der Waals surface area contributed by atoms with E-state index in [2.05, 4.69) is 10.6 Å². The molecule has 0 radical (unpaired) electrons. The van der Waals surface area contributed by atoms with Gasteiger partial charge in [0, 0.05) is 17.1 Å². The Bertz CT molecular complexity index is 799. The Morgan fingerprint density at radius 1 is 1.16 bits per heavy atom. The maximum atomic E-state index is 12.2. The molecule has 2 amide bonds. The number of nitriles is 1. The van der Waals surface area contributed by atoms with Crippen LogP contribution in [0.5, 0.6) is 0 Å². The molecular weight excluding hydrogens is 334 g/mol. The van der Waals surface area contributed by atoms with Crippen LogP contribution in [0.25, 0.3) is 0 Å². The fourth-order valence-electron chi connectivity index (χ4n) is 2.12. The molecule has 0 spiro atoms. The maximum Gasteiger partial charge on any atom is 0.252 e. The second kappa shape index (κ2) is 9.50. The van der Waals surface area contributed by atoms with Crippen LogP contribution in [0.1, 0.15) is 29.3 Å². The van der Waals surface area contributed by atoms with E-state index < -0.39 is 0 Å². The molecule has 0 heterocycles. The van der Waals surface area contributed by atoms with E-state index in [1.807, 2.05) is 25.1 Å². The zero-order valence-corrected chi connectivity index (χ0v) is 14.7. The van der Waals surface area contributed by atoms with Gasteiger partial charge in [0.25, 0.3) is 5.91 Å². The van der Waals surface area contributed by atoms with Crippen LogP contribution in [0.15, 0.2) is 53.4 Å². The third-order valence-electron chi connectivity index (χ3n) is 3.30. The number of thioether (sulfide) groups is 1. The van der Waals surface area contributed by atoms with Gasteiger partial charge in [-0.2, -0.15) is 5.26 Å². The lowest BCUT2D eigenvalue weighted by Gasteiger charge is -2.10. The van der Waals surface area contributed by atoms with Crippen LogP contribution in [0.4, 0.5) is 5.69 Å². The van der Waals surface area contributed by atoms with E-state index in [0.717, 1.165) is 11.3 Å². The minimum atomic E-state index is -0.191. The summed E-state index contributed by atoms with van der Waals surface area (Å²) in [5, 5.41) is 14.5. The van der Waals surface area contributed by atoms with Crippen LogP contribution in [-0.2, 0) is 4.79 Å². The Balaban J connectivity index is 1.97. The summed E-state index contributed by atoms with van der Waals surface area (Å²) in [4.78, 5) is 25.1. The Morgan fingerprint density at radius 3 is 2.72 bits per heavy atom. The zero-order valence-electron chi connectivity index (χ0n) is 13.9. The van der Waals surface area contributed by atoms with Crippen molar-refractivity contribution in [1.29, 1.82) is 5.26 Å². The van der Waals surface area contributed by atoms with Crippen LogP contribution in [0.2, 0.25) is 0 Å². The summed E-state index contributed by atoms with van der Waals surface area (Å²) in [5.74, 6) is -0.148. The highest BCUT2D eigenvalue weighted by atomic mass is 32.2. The molecule has 2 N–H and O–H groups in total. The third-order valence-corrected chi connectivity index (χ3v) is 4.37. The average molecular weight is 353 g/mol. The molecule has 5 nitrogen and oxygen atoms in total. The number of nitrogens with zero attached hydrogens (tertiary/aromatic N) is 1. The third kappa shape index (κ3) is 5.66. The fourth-order valence-corrected chi connectivity index (χ4v) is 2.97. The molecule has 25 heavy (non-hydrogen) atoms. The van der Waals surface area contributed by atoms with Gasteiger partial charge in [0.05, 0.1) is 22.9 Å². The number of amides is 2. The van der Waals surface area contributed by atoms with Gasteiger partial charge in [-0.3, -0.25) is 9.59 Å². The summed E-state index contributed by atoms with van der Waals surface area (Å²) in [6.07, 6.45) is 0.866. The van der Waals surface area contributed by atoms with Gasteiger partial charge in [-0.15, -0.1) is 11.8 Å². The van der Waals surface area contributed by atoms with E-state index in [-0.39, 0.29) is 17.6 Å². The summed E-state index contributed by atoms with van der Waals surface area (Å²) in [7, 11) is 0. The van der Waals surface area contributed by atoms with Crippen molar-refractivity contribution in [3.8, 4) is 6.07 Å². The topological polar surface area (TPSA) is 82.0 Å². The number of carbonyl (C=O) groups is 2. The van der Waals surface area contributed by atoms with Crippen molar-refractivity contribution in [3.63, 3.8) is 0 Å². The van der Waals surface area contributed by atoms with Gasteiger partial charge in [-0.05, 0) is 36.8 Å². The smallest absolute Gasteiger partial charge is 0.252 e. The van der Waals surface area contributed by atoms with Crippen molar-refractivity contribution >= 4 is 29.3 Å². The first-order chi connectivity index (χ1) is 12.1. The van der Waals surface area contributed by atoms with E-state index in [0.29, 0.717) is 23.4 Å². The molecule has 0 bridgehead atoms. The second-order valence-electron chi connectivity index (χ2n) is 5.28. The van der Waals surface area contributed by atoms with Gasteiger partial charge in [0.1, 0.15) is 0 Å². The Hall–Kier alpha value is -2.78. The monoisotopic (exact) mass is 353 g/mol. The van der Waals surface area contributed by atoms with Gasteiger partial charge in [0.15, 0.2) is 0 Å². The lowest BCUT2D eigenvalue weighted by molar-refractivity contribution is -0.113. The Labute approximate surface area is 151 Å². The summed E-state index contributed by atoms with van der Waals surface area (Å²) < 4.78 is 0. The first-order valence-corrected chi connectivity index (χ1v) is 8.92. The molecule has 0 aliphatic rings. The summed E-state index contributed by atoms with van der Waals surface area (Å²) in [6.45, 7) is 2.61. The first-order valence-electron chi connectivity index (χ1n) is 7.94. The summed E-state index contributed by atoms with van der Waals surface area (Å²) in [6, 6.07) is 16.0. The molecule has 0 unspecified atom stereocenters. The molecule has 0 fully saturated rings. The fraction of sp³-hybridized carbons (Fsp3) is 0.211. The molecule has 2 rings (SSSR count). The molecule has 0 atom stereocenters. The van der Waals surface area contributed by atoms with E-state index >= 15 is 0 Å². The largest absolute Gasteiger partial charge is 0.352 e. The predicted octanol–water partition coefficient (Wildman–Crippen LogP) is 3.43. The lowest BCUT2D eigenvalue weighted by Crippen LogP contribution is -2.24. The quantitative estimate of drug-likeness (QED) is 0.747.